The summed E-state index contributed by atoms with van der Waals surface area (Å²) in [5.74, 6) is -4.80. The summed E-state index contributed by atoms with van der Waals surface area (Å²) in [5.41, 5.74) is -4.36. The van der Waals surface area contributed by atoms with E-state index in [-0.39, 0.29) is 50.2 Å². The molecule has 65 heavy (non-hydrogen) atoms. The van der Waals surface area contributed by atoms with Crippen molar-refractivity contribution in [3.05, 3.63) is 0 Å². The zero-order valence-corrected chi connectivity index (χ0v) is 42.4. The van der Waals surface area contributed by atoms with Crippen molar-refractivity contribution in [1.29, 1.82) is 0 Å². The van der Waals surface area contributed by atoms with E-state index in [2.05, 4.69) is 4.90 Å². The Bertz CT molecular complexity index is 1550. The fourth-order valence-corrected chi connectivity index (χ4v) is 10.2. The van der Waals surface area contributed by atoms with Crippen molar-refractivity contribution in [2.75, 3.05) is 40.9 Å². The van der Waals surface area contributed by atoms with Crippen molar-refractivity contribution in [2.45, 2.75) is 219 Å². The van der Waals surface area contributed by atoms with Crippen molar-refractivity contribution < 1.29 is 72.4 Å². The summed E-state index contributed by atoms with van der Waals surface area (Å²) in [6.07, 6.45) is -9.43. The predicted octanol–water partition coefficient (Wildman–Crippen LogP) is 4.42. The summed E-state index contributed by atoms with van der Waals surface area (Å²) in [7, 11) is 4.66. The van der Waals surface area contributed by atoms with Crippen molar-refractivity contribution in [3.63, 3.8) is 0 Å². The molecule has 0 spiro atoms. The monoisotopic (exact) mass is 931 g/mol. The van der Waals surface area contributed by atoms with Crippen LogP contribution in [-0.2, 0) is 57.1 Å². The molecule has 0 aliphatic carbocycles. The SMILES string of the molecule is CCC(=O)N(C)[C@H]1C[C@@H](C)O[C@@H](O[C@@H]2[C@@H](C)[C@H](O[C@H]3C[C@@](C)(OC)C(OC(=O)CCN(CC)CC)[C@H](C)O3)[C@@H](C)C(=O)O[C@H](CC)[C@@](C)(O)[C@H](O)[C@@H](C)CC(=O)[C@H](C)C[C@@]2(C)OC)[C@@H]1O. The molecule has 3 N–H and O–H groups in total. The van der Waals surface area contributed by atoms with Crippen LogP contribution in [0.25, 0.3) is 0 Å². The van der Waals surface area contributed by atoms with Crippen LogP contribution in [0, 0.1) is 23.7 Å². The van der Waals surface area contributed by atoms with Gasteiger partial charge in [0.1, 0.15) is 29.2 Å². The molecule has 0 aromatic heterocycles. The number of cyclic esters (lactones) is 1. The van der Waals surface area contributed by atoms with Crippen molar-refractivity contribution in [2.24, 2.45) is 23.7 Å². The van der Waals surface area contributed by atoms with Gasteiger partial charge < -0.3 is 63.0 Å². The Hall–Kier alpha value is -2.32. The average Bonchev–Trinajstić information content (AvgIpc) is 3.26. The molecule has 17 heteroatoms. The van der Waals surface area contributed by atoms with Crippen LogP contribution in [0.2, 0.25) is 0 Å². The minimum Gasteiger partial charge on any atom is -0.459 e. The molecule has 3 heterocycles. The number of carbonyl (C=O) groups excluding carboxylic acids is 4. The van der Waals surface area contributed by atoms with Crippen LogP contribution in [0.5, 0.6) is 0 Å². The number of methoxy groups -OCH3 is 2. The molecule has 3 fully saturated rings. The van der Waals surface area contributed by atoms with Crippen LogP contribution < -0.4 is 0 Å². The van der Waals surface area contributed by atoms with Gasteiger partial charge in [0.25, 0.3) is 0 Å². The minimum absolute atomic E-state index is 0.0727. The normalized spacial score (nSPS) is 41.6. The molecule has 0 saturated carbocycles. The topological polar surface area (TPSA) is 209 Å². The second-order valence-corrected chi connectivity index (χ2v) is 19.7. The lowest BCUT2D eigenvalue weighted by Crippen LogP contribution is -2.61. The number of hydrogen-bond donors (Lipinski definition) is 3. The molecule has 3 aliphatic heterocycles. The molecule has 3 aliphatic rings. The zero-order valence-electron chi connectivity index (χ0n) is 42.4. The van der Waals surface area contributed by atoms with Crippen LogP contribution in [0.1, 0.15) is 135 Å². The summed E-state index contributed by atoms with van der Waals surface area (Å²) in [6, 6.07) is -0.654. The first-order chi connectivity index (χ1) is 30.3. The molecule has 1 unspecified atom stereocenters. The fraction of sp³-hybridized carbons (Fsp3) is 0.917. The third-order valence-electron chi connectivity index (χ3n) is 14.7. The first-order valence-corrected chi connectivity index (χ1v) is 24.0. The molecule has 1 amide bonds. The van der Waals surface area contributed by atoms with Gasteiger partial charge in [0.15, 0.2) is 18.7 Å². The lowest BCUT2D eigenvalue weighted by atomic mass is 9.76. The van der Waals surface area contributed by atoms with Crippen molar-refractivity contribution in [3.8, 4) is 0 Å². The van der Waals surface area contributed by atoms with Gasteiger partial charge in [0, 0.05) is 58.9 Å². The maximum atomic E-state index is 14.6. The quantitative estimate of drug-likeness (QED) is 0.194. The summed E-state index contributed by atoms with van der Waals surface area (Å²) in [6.45, 7) is 25.1. The van der Waals surface area contributed by atoms with Gasteiger partial charge in [0.05, 0.1) is 54.5 Å². The third kappa shape index (κ3) is 13.7. The van der Waals surface area contributed by atoms with Gasteiger partial charge >= 0.3 is 11.9 Å². The number of rotatable bonds is 15. The highest BCUT2D eigenvalue weighted by Gasteiger charge is 2.54. The van der Waals surface area contributed by atoms with Gasteiger partial charge in [-0.3, -0.25) is 19.2 Å². The zero-order chi connectivity index (χ0) is 49.4. The standard InChI is InChI=1S/C48H86N2O15/c1-17-35-48(13,57)41(55)27(5)23-34(51)28(6)25-46(11,58-15)42(65-45-39(54)33(24-29(7)60-45)49(14)36(52)18-2)30(8)40(31(9)44(56)62-35)64-38-26-47(12,59-16)43(32(10)61-38)63-37(53)21-22-50(19-3)20-4/h27-33,35,38-43,45,54-55,57H,17-26H2,1-16H3/t27-,28+,29+,30-,31+,32-,33-,35+,38-,39+,40-,41+,42+,43?,45-,46+,47+,48+/m0/s1. The second kappa shape index (κ2) is 24.3. The first-order valence-electron chi connectivity index (χ1n) is 24.0. The maximum Gasteiger partial charge on any atom is 0.311 e. The number of nitrogens with zero attached hydrogens (tertiary/aromatic N) is 2. The maximum absolute atomic E-state index is 14.6. The number of amides is 1. The summed E-state index contributed by atoms with van der Waals surface area (Å²) in [5, 5.41) is 35.3. The summed E-state index contributed by atoms with van der Waals surface area (Å²) in [4.78, 5) is 58.4. The molecular weight excluding hydrogens is 845 g/mol. The van der Waals surface area contributed by atoms with Gasteiger partial charge in [-0.15, -0.1) is 0 Å². The van der Waals surface area contributed by atoms with E-state index in [0.717, 1.165) is 13.1 Å². The third-order valence-corrected chi connectivity index (χ3v) is 14.7. The molecule has 0 aromatic carbocycles. The van der Waals surface area contributed by atoms with Gasteiger partial charge in [-0.2, -0.15) is 0 Å². The van der Waals surface area contributed by atoms with Crippen LogP contribution in [0.3, 0.4) is 0 Å². The van der Waals surface area contributed by atoms with E-state index in [1.54, 1.807) is 55.5 Å². The molecule has 3 rings (SSSR count). The van der Waals surface area contributed by atoms with Crippen LogP contribution >= 0.6 is 0 Å². The van der Waals surface area contributed by atoms with Crippen LogP contribution in [-0.4, -0.2) is 174 Å². The molecule has 0 bridgehead atoms. The fourth-order valence-electron chi connectivity index (χ4n) is 10.2. The number of Topliss-reactive ketones (excluding diaryl/α,β-unsaturated/α-hetero) is 1. The number of aliphatic hydroxyl groups excluding tert-OH is 2. The van der Waals surface area contributed by atoms with E-state index in [9.17, 15) is 34.5 Å². The predicted molar refractivity (Wildman–Crippen MR) is 241 cm³/mol. The van der Waals surface area contributed by atoms with E-state index in [0.29, 0.717) is 13.0 Å². The number of esters is 2. The van der Waals surface area contributed by atoms with E-state index in [4.69, 9.17) is 37.9 Å². The van der Waals surface area contributed by atoms with Crippen LogP contribution in [0.15, 0.2) is 0 Å². The number of ether oxygens (including phenoxy) is 8. The first kappa shape index (κ1) is 57.0. The molecule has 0 radical (unpaired) electrons. The largest absolute Gasteiger partial charge is 0.459 e. The molecule has 378 valence electrons. The van der Waals surface area contributed by atoms with Crippen molar-refractivity contribution >= 4 is 23.6 Å². The van der Waals surface area contributed by atoms with E-state index >= 15 is 0 Å². The van der Waals surface area contributed by atoms with Gasteiger partial charge in [0.2, 0.25) is 5.91 Å². The van der Waals surface area contributed by atoms with E-state index in [1.165, 1.54) is 26.0 Å². The average molecular weight is 931 g/mol. The highest BCUT2D eigenvalue weighted by molar-refractivity contribution is 5.81. The van der Waals surface area contributed by atoms with Gasteiger partial charge in [-0.25, -0.2) is 0 Å². The van der Waals surface area contributed by atoms with Gasteiger partial charge in [-0.1, -0.05) is 48.5 Å². The molecule has 3 saturated heterocycles. The lowest BCUT2D eigenvalue weighted by molar-refractivity contribution is -0.319. The van der Waals surface area contributed by atoms with E-state index in [1.807, 2.05) is 34.6 Å². The Kier molecular flexibility index (Phi) is 21.3. The highest BCUT2D eigenvalue weighted by Crippen LogP contribution is 2.42. The number of likely N-dealkylation sites (N-methyl/N-ethyl adjacent to an activating group) is 1. The molecule has 18 atom stereocenters. The Labute approximate surface area is 388 Å². The Morgan fingerprint density at radius 1 is 0.862 bits per heavy atom. The highest BCUT2D eigenvalue weighted by atomic mass is 16.7. The Morgan fingerprint density at radius 3 is 2.02 bits per heavy atom. The smallest absolute Gasteiger partial charge is 0.311 e. The number of ketones is 1. The summed E-state index contributed by atoms with van der Waals surface area (Å²) >= 11 is 0. The van der Waals surface area contributed by atoms with Crippen LogP contribution in [0.4, 0.5) is 0 Å². The molecule has 17 nitrogen and oxygen atoms in total. The van der Waals surface area contributed by atoms with Gasteiger partial charge in [-0.05, 0) is 79.8 Å². The molecular formula is C48H86N2O15. The minimum atomic E-state index is -1.93. The lowest BCUT2D eigenvalue weighted by Gasteiger charge is -2.50. The van der Waals surface area contributed by atoms with E-state index < -0.39 is 120 Å². The number of carbonyl (C=O) groups is 4. The Morgan fingerprint density at radius 2 is 1.46 bits per heavy atom. The molecule has 0 aromatic rings. The summed E-state index contributed by atoms with van der Waals surface area (Å²) < 4.78 is 51.2. The number of hydrogen-bond acceptors (Lipinski definition) is 16. The second-order valence-electron chi connectivity index (χ2n) is 19.7. The Balaban J connectivity index is 2.19. The number of aliphatic hydroxyl groups is 3. The van der Waals surface area contributed by atoms with Crippen molar-refractivity contribution in [1.82, 2.24) is 9.80 Å².